The van der Waals surface area contributed by atoms with E-state index in [0.717, 1.165) is 35.4 Å². The van der Waals surface area contributed by atoms with Gasteiger partial charge in [-0.3, -0.25) is 0 Å². The predicted octanol–water partition coefficient (Wildman–Crippen LogP) is 1.30. The first kappa shape index (κ1) is 10.4. The lowest BCUT2D eigenvalue weighted by Gasteiger charge is -2.34. The SMILES string of the molecule is CN1CCN(CC=O)c2cc(Br)cnc21. The molecule has 4 nitrogen and oxygen atoms in total. The highest BCUT2D eigenvalue weighted by atomic mass is 79.9. The van der Waals surface area contributed by atoms with Crippen LogP contribution in [0.25, 0.3) is 0 Å². The molecule has 0 bridgehead atoms. The number of halogens is 1. The number of aldehydes is 1. The van der Waals surface area contributed by atoms with E-state index in [1.165, 1.54) is 0 Å². The molecule has 0 aromatic carbocycles. The van der Waals surface area contributed by atoms with Gasteiger partial charge in [0.1, 0.15) is 6.29 Å². The molecule has 0 amide bonds. The number of pyridine rings is 1. The number of anilines is 2. The molecule has 1 aliphatic rings. The third-order valence-corrected chi connectivity index (χ3v) is 2.95. The van der Waals surface area contributed by atoms with Gasteiger partial charge in [0, 0.05) is 30.8 Å². The minimum Gasteiger partial charge on any atom is -0.360 e. The van der Waals surface area contributed by atoms with Crippen LogP contribution in [0.2, 0.25) is 0 Å². The van der Waals surface area contributed by atoms with E-state index in [2.05, 4.69) is 25.8 Å². The second-order valence-electron chi connectivity index (χ2n) is 3.53. The summed E-state index contributed by atoms with van der Waals surface area (Å²) in [4.78, 5) is 19.1. The lowest BCUT2D eigenvalue weighted by atomic mass is 10.2. The first-order valence-corrected chi connectivity index (χ1v) is 5.57. The minimum absolute atomic E-state index is 0.430. The second kappa shape index (κ2) is 4.18. The minimum atomic E-state index is 0.430. The Morgan fingerprint density at radius 1 is 1.60 bits per heavy atom. The summed E-state index contributed by atoms with van der Waals surface area (Å²) in [5, 5.41) is 0. The van der Waals surface area contributed by atoms with Gasteiger partial charge in [0.25, 0.3) is 0 Å². The van der Waals surface area contributed by atoms with Crippen molar-refractivity contribution in [2.24, 2.45) is 0 Å². The van der Waals surface area contributed by atoms with Gasteiger partial charge < -0.3 is 14.6 Å². The Hall–Kier alpha value is -1.10. The molecule has 0 radical (unpaired) electrons. The van der Waals surface area contributed by atoms with Gasteiger partial charge in [0.05, 0.1) is 12.2 Å². The molecule has 0 N–H and O–H groups in total. The fourth-order valence-corrected chi connectivity index (χ4v) is 2.04. The fraction of sp³-hybridized carbons (Fsp3) is 0.400. The van der Waals surface area contributed by atoms with Crippen LogP contribution in [0.1, 0.15) is 0 Å². The first-order chi connectivity index (χ1) is 7.22. The normalized spacial score (nSPS) is 15.1. The molecular formula is C10H12BrN3O. The molecule has 2 heterocycles. The molecule has 80 valence electrons. The number of carbonyl (C=O) groups excluding carboxylic acids is 1. The molecule has 0 aliphatic carbocycles. The Bertz CT molecular complexity index is 383. The van der Waals surface area contributed by atoms with Gasteiger partial charge >= 0.3 is 0 Å². The Labute approximate surface area is 97.0 Å². The maximum Gasteiger partial charge on any atom is 0.152 e. The van der Waals surface area contributed by atoms with Gasteiger partial charge in [-0.2, -0.15) is 0 Å². The van der Waals surface area contributed by atoms with Crippen molar-refractivity contribution in [1.29, 1.82) is 0 Å². The summed E-state index contributed by atoms with van der Waals surface area (Å²) < 4.78 is 0.937. The van der Waals surface area contributed by atoms with Crippen LogP contribution in [0.5, 0.6) is 0 Å². The molecule has 0 spiro atoms. The summed E-state index contributed by atoms with van der Waals surface area (Å²) in [6.07, 6.45) is 2.70. The van der Waals surface area contributed by atoms with Gasteiger partial charge in [-0.1, -0.05) is 0 Å². The Balaban J connectivity index is 2.41. The first-order valence-electron chi connectivity index (χ1n) is 4.77. The zero-order valence-electron chi connectivity index (χ0n) is 8.48. The predicted molar refractivity (Wildman–Crippen MR) is 63.5 cm³/mol. The van der Waals surface area contributed by atoms with E-state index in [4.69, 9.17) is 0 Å². The standard InChI is InChI=1S/C10H12BrN3O/c1-13-2-3-14(4-5-15)9-6-8(11)7-12-10(9)13/h5-7H,2-4H2,1H3. The van der Waals surface area contributed by atoms with E-state index in [1.807, 2.05) is 18.0 Å². The lowest BCUT2D eigenvalue weighted by Crippen LogP contribution is -2.40. The monoisotopic (exact) mass is 269 g/mol. The molecule has 5 heteroatoms. The zero-order valence-corrected chi connectivity index (χ0v) is 10.1. The lowest BCUT2D eigenvalue weighted by molar-refractivity contribution is -0.106. The van der Waals surface area contributed by atoms with Crippen molar-refractivity contribution in [3.8, 4) is 0 Å². The third-order valence-electron chi connectivity index (χ3n) is 2.52. The Kier molecular flexibility index (Phi) is 2.90. The van der Waals surface area contributed by atoms with E-state index in [0.29, 0.717) is 6.54 Å². The summed E-state index contributed by atoms with van der Waals surface area (Å²) in [5.41, 5.74) is 1.02. The quantitative estimate of drug-likeness (QED) is 0.759. The van der Waals surface area contributed by atoms with Crippen LogP contribution in [-0.4, -0.2) is 38.0 Å². The van der Waals surface area contributed by atoms with E-state index in [9.17, 15) is 4.79 Å². The highest BCUT2D eigenvalue weighted by molar-refractivity contribution is 9.10. The van der Waals surface area contributed by atoms with Crippen LogP contribution >= 0.6 is 15.9 Å². The number of rotatable bonds is 2. The molecule has 0 atom stereocenters. The number of aromatic nitrogens is 1. The summed E-state index contributed by atoms with van der Waals surface area (Å²) in [6, 6.07) is 2.00. The average molecular weight is 270 g/mol. The molecule has 1 aliphatic heterocycles. The number of fused-ring (bicyclic) bond motifs is 1. The van der Waals surface area contributed by atoms with E-state index in [1.54, 1.807) is 6.20 Å². The van der Waals surface area contributed by atoms with Crippen molar-refractivity contribution in [2.45, 2.75) is 0 Å². The van der Waals surface area contributed by atoms with Gasteiger partial charge in [-0.05, 0) is 22.0 Å². The highest BCUT2D eigenvalue weighted by Gasteiger charge is 2.21. The zero-order chi connectivity index (χ0) is 10.8. The summed E-state index contributed by atoms with van der Waals surface area (Å²) in [7, 11) is 2.01. The van der Waals surface area contributed by atoms with E-state index >= 15 is 0 Å². The van der Waals surface area contributed by atoms with Crippen LogP contribution in [0, 0.1) is 0 Å². The molecular weight excluding hydrogens is 258 g/mol. The van der Waals surface area contributed by atoms with Crippen LogP contribution < -0.4 is 9.80 Å². The van der Waals surface area contributed by atoms with Crippen LogP contribution in [0.3, 0.4) is 0 Å². The van der Waals surface area contributed by atoms with Crippen molar-refractivity contribution >= 4 is 33.7 Å². The van der Waals surface area contributed by atoms with E-state index in [-0.39, 0.29) is 0 Å². The number of likely N-dealkylation sites (N-methyl/N-ethyl adjacent to an activating group) is 1. The average Bonchev–Trinajstić information content (AvgIpc) is 2.22. The topological polar surface area (TPSA) is 36.4 Å². The number of hydrogen-bond donors (Lipinski definition) is 0. The van der Waals surface area contributed by atoms with Crippen LogP contribution in [0.15, 0.2) is 16.7 Å². The van der Waals surface area contributed by atoms with Gasteiger partial charge in [0.2, 0.25) is 0 Å². The highest BCUT2D eigenvalue weighted by Crippen LogP contribution is 2.31. The largest absolute Gasteiger partial charge is 0.360 e. The molecule has 0 fully saturated rings. The van der Waals surface area contributed by atoms with Crippen molar-refractivity contribution < 1.29 is 4.79 Å². The summed E-state index contributed by atoms with van der Waals surface area (Å²) >= 11 is 3.39. The van der Waals surface area contributed by atoms with Gasteiger partial charge in [-0.25, -0.2) is 4.98 Å². The third kappa shape index (κ3) is 1.97. The number of nitrogens with zero attached hydrogens (tertiary/aromatic N) is 3. The van der Waals surface area contributed by atoms with Crippen LogP contribution in [-0.2, 0) is 4.79 Å². The van der Waals surface area contributed by atoms with E-state index < -0.39 is 0 Å². The maximum absolute atomic E-state index is 10.6. The molecule has 0 saturated carbocycles. The molecule has 1 aromatic heterocycles. The van der Waals surface area contributed by atoms with Crippen LogP contribution in [0.4, 0.5) is 11.5 Å². The van der Waals surface area contributed by atoms with Crippen molar-refractivity contribution in [3.63, 3.8) is 0 Å². The maximum atomic E-state index is 10.6. The van der Waals surface area contributed by atoms with Crippen molar-refractivity contribution in [3.05, 3.63) is 16.7 Å². The number of carbonyl (C=O) groups is 1. The van der Waals surface area contributed by atoms with Crippen molar-refractivity contribution in [1.82, 2.24) is 4.98 Å². The molecule has 15 heavy (non-hydrogen) atoms. The summed E-state index contributed by atoms with van der Waals surface area (Å²) in [6.45, 7) is 2.19. The molecule has 1 aromatic rings. The smallest absolute Gasteiger partial charge is 0.152 e. The molecule has 0 unspecified atom stereocenters. The Morgan fingerprint density at radius 2 is 2.40 bits per heavy atom. The molecule has 2 rings (SSSR count). The Morgan fingerprint density at radius 3 is 3.13 bits per heavy atom. The second-order valence-corrected chi connectivity index (χ2v) is 4.45. The van der Waals surface area contributed by atoms with Gasteiger partial charge in [-0.15, -0.1) is 0 Å². The fourth-order valence-electron chi connectivity index (χ4n) is 1.72. The summed E-state index contributed by atoms with van der Waals surface area (Å²) in [5.74, 6) is 0.936. The number of hydrogen-bond acceptors (Lipinski definition) is 4. The molecule has 0 saturated heterocycles. The van der Waals surface area contributed by atoms with Gasteiger partial charge in [0.15, 0.2) is 5.82 Å². The van der Waals surface area contributed by atoms with Crippen molar-refractivity contribution in [2.75, 3.05) is 36.5 Å².